The largest absolute Gasteiger partial charge is 0.493 e. The van der Waals surface area contributed by atoms with Crippen molar-refractivity contribution in [3.05, 3.63) is 87.3 Å². The fourth-order valence-electron chi connectivity index (χ4n) is 3.79. The molecule has 4 rings (SSSR count). The summed E-state index contributed by atoms with van der Waals surface area (Å²) in [5.74, 6) is 1.72. The maximum absolute atomic E-state index is 13.1. The van der Waals surface area contributed by atoms with E-state index in [9.17, 15) is 4.79 Å². The third kappa shape index (κ3) is 6.47. The van der Waals surface area contributed by atoms with E-state index in [2.05, 4.69) is 19.9 Å². The minimum absolute atomic E-state index is 0.167. The van der Waals surface area contributed by atoms with Crippen LogP contribution in [-0.4, -0.2) is 30.0 Å². The van der Waals surface area contributed by atoms with Gasteiger partial charge in [0.2, 0.25) is 0 Å². The maximum Gasteiger partial charge on any atom is 0.270 e. The van der Waals surface area contributed by atoms with E-state index in [-0.39, 0.29) is 5.91 Å². The standard InChI is InChI=1S/C29H28ClNO4S2/c1-4-33-25-17-21(18-26-28(32)31(29(36)37-26)22-11-6-5-7-12-22)16-23(30)27(25)35-15-9-14-34-24-13-8-10-19(2)20(24)3/h5-8,10-13,16-18H,4,9,14-15H2,1-3H3/b26-18+. The van der Waals surface area contributed by atoms with Crippen LogP contribution in [0.4, 0.5) is 5.69 Å². The van der Waals surface area contributed by atoms with Crippen LogP contribution in [0.15, 0.2) is 65.6 Å². The van der Waals surface area contributed by atoms with Crippen molar-refractivity contribution < 1.29 is 19.0 Å². The SMILES string of the molecule is CCOc1cc(/C=C2/SC(=S)N(c3ccccc3)C2=O)cc(Cl)c1OCCCOc1cccc(C)c1C. The summed E-state index contributed by atoms with van der Waals surface area (Å²) in [5, 5.41) is 0.409. The van der Waals surface area contributed by atoms with Gasteiger partial charge < -0.3 is 14.2 Å². The Morgan fingerprint density at radius 2 is 1.73 bits per heavy atom. The van der Waals surface area contributed by atoms with Crippen molar-refractivity contribution in [1.29, 1.82) is 0 Å². The van der Waals surface area contributed by atoms with Crippen molar-refractivity contribution in [3.63, 3.8) is 0 Å². The Morgan fingerprint density at radius 3 is 2.49 bits per heavy atom. The summed E-state index contributed by atoms with van der Waals surface area (Å²) < 4.78 is 18.2. The van der Waals surface area contributed by atoms with E-state index in [1.54, 1.807) is 12.1 Å². The van der Waals surface area contributed by atoms with Gasteiger partial charge in [0.1, 0.15) is 5.75 Å². The van der Waals surface area contributed by atoms with Gasteiger partial charge in [0.25, 0.3) is 5.91 Å². The van der Waals surface area contributed by atoms with Crippen LogP contribution in [0, 0.1) is 13.8 Å². The Morgan fingerprint density at radius 1 is 0.973 bits per heavy atom. The zero-order valence-corrected chi connectivity index (χ0v) is 23.3. The summed E-state index contributed by atoms with van der Waals surface area (Å²) in [6.45, 7) is 7.40. The predicted octanol–water partition coefficient (Wildman–Crippen LogP) is 7.61. The summed E-state index contributed by atoms with van der Waals surface area (Å²) in [5.41, 5.74) is 3.81. The van der Waals surface area contributed by atoms with E-state index in [4.69, 9.17) is 38.0 Å². The number of carbonyl (C=O) groups excluding carboxylic acids is 1. The number of halogens is 1. The Kier molecular flexibility index (Phi) is 9.14. The van der Waals surface area contributed by atoms with Gasteiger partial charge in [-0.3, -0.25) is 9.69 Å². The van der Waals surface area contributed by atoms with Crippen LogP contribution in [0.1, 0.15) is 30.0 Å². The summed E-state index contributed by atoms with van der Waals surface area (Å²) in [6.07, 6.45) is 2.46. The third-order valence-corrected chi connectivity index (χ3v) is 7.37. The van der Waals surface area contributed by atoms with E-state index in [1.807, 2.05) is 55.5 Å². The molecule has 1 fully saturated rings. The molecule has 0 aliphatic carbocycles. The number of hydrogen-bond acceptors (Lipinski definition) is 6. The number of para-hydroxylation sites is 1. The van der Waals surface area contributed by atoms with Crippen LogP contribution in [0.25, 0.3) is 6.08 Å². The molecule has 1 aliphatic heterocycles. The van der Waals surface area contributed by atoms with Crippen LogP contribution >= 0.6 is 35.6 Å². The molecule has 0 aromatic heterocycles. The Bertz CT molecular complexity index is 1330. The number of hydrogen-bond donors (Lipinski definition) is 0. The van der Waals surface area contributed by atoms with Crippen molar-refractivity contribution >= 4 is 57.6 Å². The first-order valence-corrected chi connectivity index (χ1v) is 13.6. The smallest absolute Gasteiger partial charge is 0.270 e. The van der Waals surface area contributed by atoms with Gasteiger partial charge in [-0.25, -0.2) is 0 Å². The number of amides is 1. The molecule has 3 aromatic rings. The lowest BCUT2D eigenvalue weighted by atomic mass is 10.1. The first kappa shape index (κ1) is 27.0. The van der Waals surface area contributed by atoms with Gasteiger partial charge >= 0.3 is 0 Å². The quantitative estimate of drug-likeness (QED) is 0.146. The highest BCUT2D eigenvalue weighted by Gasteiger charge is 2.33. The average Bonchev–Trinajstić information content (AvgIpc) is 3.15. The van der Waals surface area contributed by atoms with Gasteiger partial charge in [0.05, 0.1) is 35.4 Å². The van der Waals surface area contributed by atoms with Crippen LogP contribution in [0.5, 0.6) is 17.2 Å². The van der Waals surface area contributed by atoms with Crippen molar-refractivity contribution in [1.82, 2.24) is 0 Å². The molecule has 0 atom stereocenters. The lowest BCUT2D eigenvalue weighted by Crippen LogP contribution is -2.27. The predicted molar refractivity (Wildman–Crippen MR) is 156 cm³/mol. The van der Waals surface area contributed by atoms with E-state index < -0.39 is 0 Å². The van der Waals surface area contributed by atoms with Gasteiger partial charge in [-0.2, -0.15) is 0 Å². The number of thioether (sulfide) groups is 1. The second-order valence-corrected chi connectivity index (χ2v) is 10.4. The molecule has 1 aliphatic rings. The molecule has 37 heavy (non-hydrogen) atoms. The molecule has 1 amide bonds. The van der Waals surface area contributed by atoms with Gasteiger partial charge in [-0.05, 0) is 73.9 Å². The number of rotatable bonds is 10. The normalized spacial score (nSPS) is 14.4. The van der Waals surface area contributed by atoms with E-state index in [0.29, 0.717) is 52.0 Å². The maximum atomic E-state index is 13.1. The number of thiocarbonyl (C=S) groups is 1. The van der Waals surface area contributed by atoms with E-state index in [1.165, 1.54) is 22.2 Å². The molecular formula is C29H28ClNO4S2. The Hall–Kier alpha value is -3.00. The fraction of sp³-hybridized carbons (Fsp3) is 0.241. The van der Waals surface area contributed by atoms with Crippen molar-refractivity contribution in [3.8, 4) is 17.2 Å². The molecule has 3 aromatic carbocycles. The summed E-state index contributed by atoms with van der Waals surface area (Å²) >= 11 is 13.3. The summed E-state index contributed by atoms with van der Waals surface area (Å²) in [6, 6.07) is 19.0. The molecule has 0 spiro atoms. The minimum Gasteiger partial charge on any atom is -0.493 e. The van der Waals surface area contributed by atoms with E-state index >= 15 is 0 Å². The fourth-order valence-corrected chi connectivity index (χ4v) is 5.36. The molecule has 1 saturated heterocycles. The number of nitrogens with zero attached hydrogens (tertiary/aromatic N) is 1. The molecule has 0 unspecified atom stereocenters. The second-order valence-electron chi connectivity index (χ2n) is 8.36. The lowest BCUT2D eigenvalue weighted by molar-refractivity contribution is -0.113. The van der Waals surface area contributed by atoms with Crippen molar-refractivity contribution in [2.75, 3.05) is 24.7 Å². The topological polar surface area (TPSA) is 48.0 Å². The number of aryl methyl sites for hydroxylation is 1. The summed E-state index contributed by atoms with van der Waals surface area (Å²) in [7, 11) is 0. The molecule has 1 heterocycles. The van der Waals surface area contributed by atoms with Gasteiger partial charge in [-0.1, -0.05) is 65.9 Å². The average molecular weight is 554 g/mol. The third-order valence-electron chi connectivity index (χ3n) is 5.79. The Balaban J connectivity index is 1.44. The zero-order valence-electron chi connectivity index (χ0n) is 21.0. The minimum atomic E-state index is -0.167. The van der Waals surface area contributed by atoms with Gasteiger partial charge in [0, 0.05) is 6.42 Å². The number of ether oxygens (including phenoxy) is 3. The molecule has 0 N–H and O–H groups in total. The monoisotopic (exact) mass is 553 g/mol. The molecule has 192 valence electrons. The first-order chi connectivity index (χ1) is 17.9. The molecule has 8 heteroatoms. The van der Waals surface area contributed by atoms with Crippen LogP contribution < -0.4 is 19.1 Å². The first-order valence-electron chi connectivity index (χ1n) is 12.0. The Labute approximate surface area is 232 Å². The summed E-state index contributed by atoms with van der Waals surface area (Å²) in [4.78, 5) is 15.1. The molecule has 0 saturated carbocycles. The molecular weight excluding hydrogens is 526 g/mol. The molecule has 0 bridgehead atoms. The van der Waals surface area contributed by atoms with Crippen LogP contribution in [0.2, 0.25) is 5.02 Å². The van der Waals surface area contributed by atoms with Crippen molar-refractivity contribution in [2.24, 2.45) is 0 Å². The van der Waals surface area contributed by atoms with Crippen LogP contribution in [-0.2, 0) is 4.79 Å². The number of benzene rings is 3. The lowest BCUT2D eigenvalue weighted by Gasteiger charge is -2.15. The molecule has 0 radical (unpaired) electrons. The van der Waals surface area contributed by atoms with Crippen molar-refractivity contribution in [2.45, 2.75) is 27.2 Å². The highest BCUT2D eigenvalue weighted by Crippen LogP contribution is 2.40. The van der Waals surface area contributed by atoms with E-state index in [0.717, 1.165) is 22.6 Å². The van der Waals surface area contributed by atoms with Gasteiger partial charge in [-0.15, -0.1) is 0 Å². The zero-order chi connectivity index (χ0) is 26.4. The van der Waals surface area contributed by atoms with Gasteiger partial charge in [0.15, 0.2) is 15.8 Å². The highest BCUT2D eigenvalue weighted by molar-refractivity contribution is 8.27. The highest BCUT2D eigenvalue weighted by atomic mass is 35.5. The molecule has 5 nitrogen and oxygen atoms in total. The van der Waals surface area contributed by atoms with Crippen LogP contribution in [0.3, 0.4) is 0 Å². The second kappa shape index (κ2) is 12.5. The number of carbonyl (C=O) groups is 1. The number of anilines is 1.